The van der Waals surface area contributed by atoms with Crippen LogP contribution < -0.4 is 0 Å². The van der Waals surface area contributed by atoms with Crippen molar-refractivity contribution in [2.24, 2.45) is 0 Å². The summed E-state index contributed by atoms with van der Waals surface area (Å²) in [5.41, 5.74) is 0. The molecule has 14 heavy (non-hydrogen) atoms. The van der Waals surface area contributed by atoms with E-state index in [9.17, 15) is 14.4 Å². The molecule has 0 aliphatic rings. The second-order valence-electron chi connectivity index (χ2n) is 2.75. The normalized spacial score (nSPS) is 12.1. The van der Waals surface area contributed by atoms with Crippen LogP contribution in [0, 0.1) is 0 Å². The lowest BCUT2D eigenvalue weighted by molar-refractivity contribution is -0.138. The van der Waals surface area contributed by atoms with E-state index in [-0.39, 0.29) is 24.4 Å². The molecule has 80 valence electrons. The zero-order valence-electron chi connectivity index (χ0n) is 7.73. The molecule has 0 rings (SSSR count). The molecule has 0 aromatic carbocycles. The van der Waals surface area contributed by atoms with Crippen molar-refractivity contribution in [3.63, 3.8) is 0 Å². The minimum absolute atomic E-state index is 0.0559. The number of rotatable bonds is 7. The zero-order chi connectivity index (χ0) is 11.1. The third kappa shape index (κ3) is 6.47. The molecule has 0 radical (unpaired) electrons. The second-order valence-corrected chi connectivity index (χ2v) is 4.06. The number of aliphatic carboxylic acids is 2. The largest absolute Gasteiger partial charge is 0.481 e. The van der Waals surface area contributed by atoms with E-state index in [1.54, 1.807) is 0 Å². The van der Waals surface area contributed by atoms with Crippen molar-refractivity contribution in [2.45, 2.75) is 25.0 Å². The third-order valence-electron chi connectivity index (χ3n) is 1.38. The van der Waals surface area contributed by atoms with Gasteiger partial charge in [-0.05, 0) is 6.92 Å². The molecule has 0 heterocycles. The first-order chi connectivity index (χ1) is 6.43. The highest BCUT2D eigenvalue weighted by Gasteiger charge is 2.19. The molecule has 0 aromatic rings. The van der Waals surface area contributed by atoms with Crippen LogP contribution >= 0.6 is 11.8 Å². The molecule has 1 atom stereocenters. The van der Waals surface area contributed by atoms with Gasteiger partial charge in [-0.1, -0.05) is 0 Å². The van der Waals surface area contributed by atoms with E-state index in [1.165, 1.54) is 6.92 Å². The molecule has 0 fully saturated rings. The van der Waals surface area contributed by atoms with E-state index < -0.39 is 17.2 Å². The molecule has 0 saturated heterocycles. The van der Waals surface area contributed by atoms with Crippen LogP contribution in [0.15, 0.2) is 0 Å². The lowest BCUT2D eigenvalue weighted by Gasteiger charge is -2.08. The summed E-state index contributed by atoms with van der Waals surface area (Å²) in [6.07, 6.45) is -0.147. The minimum atomic E-state index is -1.07. The summed E-state index contributed by atoms with van der Waals surface area (Å²) < 4.78 is 0. The van der Waals surface area contributed by atoms with Gasteiger partial charge in [0.25, 0.3) is 0 Å². The van der Waals surface area contributed by atoms with Crippen molar-refractivity contribution in [3.8, 4) is 0 Å². The van der Waals surface area contributed by atoms with E-state index in [1.807, 2.05) is 0 Å². The summed E-state index contributed by atoms with van der Waals surface area (Å²) in [7, 11) is 0. The lowest BCUT2D eigenvalue weighted by atomic mass is 10.2. The third-order valence-corrected chi connectivity index (χ3v) is 2.59. The van der Waals surface area contributed by atoms with Crippen molar-refractivity contribution in [1.29, 1.82) is 0 Å². The molecule has 0 saturated carbocycles. The maximum Gasteiger partial charge on any atom is 0.317 e. The van der Waals surface area contributed by atoms with Gasteiger partial charge < -0.3 is 10.2 Å². The van der Waals surface area contributed by atoms with E-state index >= 15 is 0 Å². The molecule has 5 nitrogen and oxygen atoms in total. The Kier molecular flexibility index (Phi) is 5.94. The Morgan fingerprint density at radius 3 is 2.21 bits per heavy atom. The van der Waals surface area contributed by atoms with E-state index in [0.29, 0.717) is 0 Å². The molecule has 0 amide bonds. The first-order valence-corrected chi connectivity index (χ1v) is 5.04. The van der Waals surface area contributed by atoms with Gasteiger partial charge >= 0.3 is 11.9 Å². The maximum atomic E-state index is 10.7. The van der Waals surface area contributed by atoms with Gasteiger partial charge in [-0.15, -0.1) is 11.8 Å². The molecule has 0 spiro atoms. The second kappa shape index (κ2) is 6.42. The number of Topliss-reactive ketones (excluding diaryl/α,β-unsaturated/α-hetero) is 1. The van der Waals surface area contributed by atoms with Crippen LogP contribution in [-0.2, 0) is 14.4 Å². The quantitative estimate of drug-likeness (QED) is 0.653. The van der Waals surface area contributed by atoms with Gasteiger partial charge in [0, 0.05) is 12.2 Å². The molecular formula is C8H12O5S. The number of thioether (sulfide) groups is 1. The fourth-order valence-corrected chi connectivity index (χ4v) is 1.84. The van der Waals surface area contributed by atoms with Crippen molar-refractivity contribution in [1.82, 2.24) is 0 Å². The Hall–Kier alpha value is -1.04. The summed E-state index contributed by atoms with van der Waals surface area (Å²) in [5.74, 6) is -2.04. The van der Waals surface area contributed by atoms with Gasteiger partial charge in [0.05, 0.1) is 6.42 Å². The lowest BCUT2D eigenvalue weighted by Crippen LogP contribution is -2.20. The van der Waals surface area contributed by atoms with Crippen LogP contribution in [0.25, 0.3) is 0 Å². The summed E-state index contributed by atoms with van der Waals surface area (Å²) in [5, 5.41) is 16.2. The summed E-state index contributed by atoms with van der Waals surface area (Å²) in [6.45, 7) is 1.31. The average molecular weight is 220 g/mol. The van der Waals surface area contributed by atoms with Crippen LogP contribution in [0.5, 0.6) is 0 Å². The Bertz CT molecular complexity index is 238. The monoisotopic (exact) mass is 220 g/mol. The number of hydrogen-bond acceptors (Lipinski definition) is 4. The number of carbonyl (C=O) groups excluding carboxylic acids is 1. The van der Waals surface area contributed by atoms with Crippen molar-refractivity contribution in [3.05, 3.63) is 0 Å². The summed E-state index contributed by atoms with van der Waals surface area (Å²) >= 11 is 0.985. The van der Waals surface area contributed by atoms with Crippen LogP contribution in [0.2, 0.25) is 0 Å². The van der Waals surface area contributed by atoms with Crippen LogP contribution in [-0.4, -0.2) is 38.9 Å². The van der Waals surface area contributed by atoms with Crippen LogP contribution in [0.3, 0.4) is 0 Å². The highest BCUT2D eigenvalue weighted by molar-refractivity contribution is 8.00. The molecule has 0 aliphatic heterocycles. The highest BCUT2D eigenvalue weighted by Crippen LogP contribution is 2.16. The van der Waals surface area contributed by atoms with Crippen LogP contribution in [0.4, 0.5) is 0 Å². The fourth-order valence-electron chi connectivity index (χ4n) is 0.767. The first-order valence-electron chi connectivity index (χ1n) is 3.99. The molecular weight excluding hydrogens is 208 g/mol. The molecule has 2 N–H and O–H groups in total. The predicted octanol–water partition coefficient (Wildman–Crippen LogP) is 0.627. The predicted molar refractivity (Wildman–Crippen MR) is 51.4 cm³/mol. The Morgan fingerprint density at radius 2 is 1.86 bits per heavy atom. The van der Waals surface area contributed by atoms with Gasteiger partial charge in [-0.3, -0.25) is 14.4 Å². The van der Waals surface area contributed by atoms with Gasteiger partial charge in [-0.2, -0.15) is 0 Å². The van der Waals surface area contributed by atoms with E-state index in [4.69, 9.17) is 10.2 Å². The number of carboxylic acid groups (broad SMARTS) is 2. The van der Waals surface area contributed by atoms with Crippen molar-refractivity contribution < 1.29 is 24.6 Å². The minimum Gasteiger partial charge on any atom is -0.481 e. The van der Waals surface area contributed by atoms with Gasteiger partial charge in [-0.25, -0.2) is 0 Å². The van der Waals surface area contributed by atoms with E-state index in [2.05, 4.69) is 0 Å². The fraction of sp³-hybridized carbons (Fsp3) is 0.625. The SMILES string of the molecule is CC(=O)CC(SCCC(=O)O)C(=O)O. The maximum absolute atomic E-state index is 10.7. The molecule has 0 bridgehead atoms. The average Bonchev–Trinajstić information content (AvgIpc) is 2.00. The van der Waals surface area contributed by atoms with E-state index in [0.717, 1.165) is 11.8 Å². The van der Waals surface area contributed by atoms with Crippen molar-refractivity contribution in [2.75, 3.05) is 5.75 Å². The molecule has 6 heteroatoms. The molecule has 0 aliphatic carbocycles. The summed E-state index contributed by atoms with van der Waals surface area (Å²) in [4.78, 5) is 31.4. The van der Waals surface area contributed by atoms with Gasteiger partial charge in [0.1, 0.15) is 11.0 Å². The first kappa shape index (κ1) is 13.0. The van der Waals surface area contributed by atoms with Crippen LogP contribution in [0.1, 0.15) is 19.8 Å². The van der Waals surface area contributed by atoms with Gasteiger partial charge in [0.15, 0.2) is 0 Å². The Morgan fingerprint density at radius 1 is 1.29 bits per heavy atom. The summed E-state index contributed by atoms with van der Waals surface area (Å²) in [6, 6.07) is 0. The Balaban J connectivity index is 3.91. The van der Waals surface area contributed by atoms with Gasteiger partial charge in [0.2, 0.25) is 0 Å². The zero-order valence-corrected chi connectivity index (χ0v) is 8.54. The molecule has 1 unspecified atom stereocenters. The Labute approximate surface area is 85.5 Å². The smallest absolute Gasteiger partial charge is 0.317 e. The topological polar surface area (TPSA) is 91.7 Å². The number of carbonyl (C=O) groups is 3. The number of carboxylic acids is 2. The molecule has 0 aromatic heterocycles. The van der Waals surface area contributed by atoms with Crippen molar-refractivity contribution >= 4 is 29.5 Å². The number of hydrogen-bond donors (Lipinski definition) is 2. The number of ketones is 1. The highest BCUT2D eigenvalue weighted by atomic mass is 32.2. The standard InChI is InChI=1S/C8H12O5S/c1-5(9)4-6(8(12)13)14-3-2-7(10)11/h6H,2-4H2,1H3,(H,10,11)(H,12,13).